The van der Waals surface area contributed by atoms with Gasteiger partial charge in [-0.3, -0.25) is 4.79 Å². The normalized spacial score (nSPS) is 21.9. The van der Waals surface area contributed by atoms with Gasteiger partial charge >= 0.3 is 0 Å². The van der Waals surface area contributed by atoms with Crippen LogP contribution < -0.4 is 10.9 Å². The molecule has 1 aromatic heterocycles. The number of benzene rings is 1. The summed E-state index contributed by atoms with van der Waals surface area (Å²) in [5.41, 5.74) is 1.53. The van der Waals surface area contributed by atoms with Crippen molar-refractivity contribution in [2.45, 2.75) is 31.8 Å². The van der Waals surface area contributed by atoms with Gasteiger partial charge in [0.15, 0.2) is 0 Å². The molecule has 102 valence electrons. The van der Waals surface area contributed by atoms with E-state index in [4.69, 9.17) is 5.26 Å². The van der Waals surface area contributed by atoms with Gasteiger partial charge in [0.1, 0.15) is 0 Å². The average Bonchev–Trinajstić information content (AvgIpc) is 2.92. The van der Waals surface area contributed by atoms with E-state index in [0.29, 0.717) is 6.54 Å². The van der Waals surface area contributed by atoms with Gasteiger partial charge < -0.3 is 10.3 Å². The smallest absolute Gasteiger partial charge is 0.252 e. The summed E-state index contributed by atoms with van der Waals surface area (Å²) in [5.74, 6) is 0.0783. The molecule has 0 saturated heterocycles. The minimum atomic E-state index is -0.0531. The van der Waals surface area contributed by atoms with Crippen molar-refractivity contribution in [2.24, 2.45) is 5.92 Å². The van der Waals surface area contributed by atoms with Crippen molar-refractivity contribution in [2.75, 3.05) is 0 Å². The Kier molecular flexibility index (Phi) is 3.53. The predicted molar refractivity (Wildman–Crippen MR) is 78.2 cm³/mol. The summed E-state index contributed by atoms with van der Waals surface area (Å²) < 4.78 is 0. The lowest BCUT2D eigenvalue weighted by atomic mass is 10.1. The van der Waals surface area contributed by atoms with Crippen LogP contribution in [0.1, 0.15) is 24.8 Å². The third-order valence-electron chi connectivity index (χ3n) is 4.07. The number of aromatic amines is 1. The molecule has 1 aliphatic rings. The summed E-state index contributed by atoms with van der Waals surface area (Å²) in [6.07, 6.45) is 3.07. The molecule has 0 radical (unpaired) electrons. The van der Waals surface area contributed by atoms with Crippen molar-refractivity contribution in [1.82, 2.24) is 10.3 Å². The first-order chi connectivity index (χ1) is 9.78. The number of H-pyrrole nitrogens is 1. The molecule has 2 N–H and O–H groups in total. The first-order valence-corrected chi connectivity index (χ1v) is 7.02. The van der Waals surface area contributed by atoms with E-state index in [1.54, 1.807) is 0 Å². The number of rotatable bonds is 3. The first-order valence-electron chi connectivity index (χ1n) is 7.02. The Balaban J connectivity index is 1.79. The van der Waals surface area contributed by atoms with Gasteiger partial charge in [0.25, 0.3) is 5.56 Å². The van der Waals surface area contributed by atoms with Crippen LogP contribution in [-0.2, 0) is 6.54 Å². The number of pyridine rings is 1. The lowest BCUT2D eigenvalue weighted by Crippen LogP contribution is -2.33. The summed E-state index contributed by atoms with van der Waals surface area (Å²) in [4.78, 5) is 14.9. The van der Waals surface area contributed by atoms with Gasteiger partial charge in [-0.25, -0.2) is 0 Å². The van der Waals surface area contributed by atoms with Gasteiger partial charge in [0, 0.05) is 23.7 Å². The molecule has 4 nitrogen and oxygen atoms in total. The molecule has 1 fully saturated rings. The maximum absolute atomic E-state index is 12.0. The summed E-state index contributed by atoms with van der Waals surface area (Å²) in [6, 6.07) is 12.2. The van der Waals surface area contributed by atoms with Gasteiger partial charge in [-0.2, -0.15) is 5.26 Å². The van der Waals surface area contributed by atoms with Gasteiger partial charge in [0.05, 0.1) is 12.0 Å². The zero-order valence-electron chi connectivity index (χ0n) is 11.2. The fourth-order valence-corrected chi connectivity index (χ4v) is 2.92. The number of nitrogens with zero attached hydrogens (tertiary/aromatic N) is 1. The van der Waals surface area contributed by atoms with E-state index >= 15 is 0 Å². The molecule has 1 heterocycles. The van der Waals surface area contributed by atoms with Gasteiger partial charge in [0.2, 0.25) is 0 Å². The highest BCUT2D eigenvalue weighted by molar-refractivity contribution is 5.78. The number of hydrogen-bond donors (Lipinski definition) is 2. The van der Waals surface area contributed by atoms with Crippen molar-refractivity contribution < 1.29 is 0 Å². The van der Waals surface area contributed by atoms with Crippen molar-refractivity contribution in [3.63, 3.8) is 0 Å². The second kappa shape index (κ2) is 5.48. The molecule has 2 aromatic rings. The fourth-order valence-electron chi connectivity index (χ4n) is 2.92. The van der Waals surface area contributed by atoms with Crippen LogP contribution >= 0.6 is 0 Å². The molecule has 0 amide bonds. The van der Waals surface area contributed by atoms with Crippen LogP contribution in [-0.4, -0.2) is 11.0 Å². The second-order valence-corrected chi connectivity index (χ2v) is 5.36. The molecular weight excluding hydrogens is 250 g/mol. The van der Waals surface area contributed by atoms with E-state index < -0.39 is 0 Å². The van der Waals surface area contributed by atoms with Crippen molar-refractivity contribution in [3.05, 3.63) is 46.2 Å². The number of para-hydroxylation sites is 1. The molecular formula is C16H17N3O. The molecule has 1 saturated carbocycles. The predicted octanol–water partition coefficient (Wildman–Crippen LogP) is 2.31. The maximum Gasteiger partial charge on any atom is 0.252 e. The quantitative estimate of drug-likeness (QED) is 0.896. The molecule has 20 heavy (non-hydrogen) atoms. The third-order valence-corrected chi connectivity index (χ3v) is 4.07. The van der Waals surface area contributed by atoms with Gasteiger partial charge in [-0.15, -0.1) is 0 Å². The van der Waals surface area contributed by atoms with E-state index in [9.17, 15) is 4.79 Å². The Morgan fingerprint density at radius 2 is 2.20 bits per heavy atom. The highest BCUT2D eigenvalue weighted by atomic mass is 16.1. The van der Waals surface area contributed by atoms with Gasteiger partial charge in [-0.1, -0.05) is 24.6 Å². The van der Waals surface area contributed by atoms with Crippen LogP contribution in [0.5, 0.6) is 0 Å². The van der Waals surface area contributed by atoms with E-state index in [1.165, 1.54) is 0 Å². The van der Waals surface area contributed by atoms with Crippen LogP contribution in [0.3, 0.4) is 0 Å². The average molecular weight is 267 g/mol. The van der Waals surface area contributed by atoms with Crippen molar-refractivity contribution in [1.29, 1.82) is 5.26 Å². The molecule has 2 atom stereocenters. The lowest BCUT2D eigenvalue weighted by molar-refractivity contribution is 0.463. The molecule has 1 aliphatic carbocycles. The van der Waals surface area contributed by atoms with Crippen LogP contribution in [0.25, 0.3) is 10.9 Å². The van der Waals surface area contributed by atoms with E-state index in [2.05, 4.69) is 16.4 Å². The highest BCUT2D eigenvalue weighted by Gasteiger charge is 2.26. The number of nitrogens with one attached hydrogen (secondary N) is 2. The Bertz CT molecular complexity index is 713. The van der Waals surface area contributed by atoms with Crippen molar-refractivity contribution in [3.8, 4) is 6.07 Å². The fraction of sp³-hybridized carbons (Fsp3) is 0.375. The van der Waals surface area contributed by atoms with Gasteiger partial charge in [-0.05, 0) is 30.4 Å². The molecule has 2 unspecified atom stereocenters. The van der Waals surface area contributed by atoms with E-state index in [1.807, 2.05) is 30.3 Å². The second-order valence-electron chi connectivity index (χ2n) is 5.36. The molecule has 0 spiro atoms. The number of fused-ring (bicyclic) bond motifs is 1. The molecule has 0 bridgehead atoms. The Morgan fingerprint density at radius 3 is 3.05 bits per heavy atom. The zero-order chi connectivity index (χ0) is 13.9. The summed E-state index contributed by atoms with van der Waals surface area (Å²) >= 11 is 0. The van der Waals surface area contributed by atoms with Crippen LogP contribution in [0.4, 0.5) is 0 Å². The van der Waals surface area contributed by atoms with Crippen molar-refractivity contribution >= 4 is 10.9 Å². The highest BCUT2D eigenvalue weighted by Crippen LogP contribution is 2.25. The largest absolute Gasteiger partial charge is 0.322 e. The van der Waals surface area contributed by atoms with E-state index in [-0.39, 0.29) is 17.5 Å². The monoisotopic (exact) mass is 267 g/mol. The third kappa shape index (κ3) is 2.45. The minimum Gasteiger partial charge on any atom is -0.322 e. The standard InChI is InChI=1S/C16H17N3O/c17-9-12-5-3-7-14(12)18-10-13-8-11-4-1-2-6-15(11)19-16(13)20/h1-2,4,6,8,12,14,18H,3,5,7,10H2,(H,19,20). The summed E-state index contributed by atoms with van der Waals surface area (Å²) in [5, 5.41) is 13.5. The number of aromatic nitrogens is 1. The summed E-state index contributed by atoms with van der Waals surface area (Å²) in [6.45, 7) is 0.517. The molecule has 3 rings (SSSR count). The Morgan fingerprint density at radius 1 is 1.35 bits per heavy atom. The SMILES string of the molecule is N#CC1CCCC1NCc1cc2ccccc2[nH]c1=O. The molecule has 4 heteroatoms. The first kappa shape index (κ1) is 12.9. The Hall–Kier alpha value is -2.12. The topological polar surface area (TPSA) is 68.7 Å². The Labute approximate surface area is 117 Å². The number of hydrogen-bond acceptors (Lipinski definition) is 3. The van der Waals surface area contributed by atoms with Crippen LogP contribution in [0.2, 0.25) is 0 Å². The van der Waals surface area contributed by atoms with E-state index in [0.717, 1.165) is 35.7 Å². The lowest BCUT2D eigenvalue weighted by Gasteiger charge is -2.15. The van der Waals surface area contributed by atoms with Crippen LogP contribution in [0, 0.1) is 17.2 Å². The zero-order valence-corrected chi connectivity index (χ0v) is 11.2. The van der Waals surface area contributed by atoms with Crippen LogP contribution in [0.15, 0.2) is 35.1 Å². The maximum atomic E-state index is 12.0. The summed E-state index contributed by atoms with van der Waals surface area (Å²) in [7, 11) is 0. The minimum absolute atomic E-state index is 0.0531. The number of nitriles is 1. The molecule has 1 aromatic carbocycles. The molecule has 0 aliphatic heterocycles.